The first-order chi connectivity index (χ1) is 14.2. The Labute approximate surface area is 193 Å². The Morgan fingerprint density at radius 3 is 2.50 bits per heavy atom. The van der Waals surface area contributed by atoms with E-state index in [0.717, 1.165) is 5.56 Å². The maximum Gasteiger partial charge on any atom is 0.238 e. The van der Waals surface area contributed by atoms with Crippen molar-refractivity contribution in [3.05, 3.63) is 51.0 Å². The van der Waals surface area contributed by atoms with Crippen molar-refractivity contribution < 1.29 is 14.7 Å². The second-order valence-corrected chi connectivity index (χ2v) is 8.95. The fourth-order valence-electron chi connectivity index (χ4n) is 2.77. The highest BCUT2D eigenvalue weighted by atomic mass is 35.5. The molecule has 2 N–H and O–H groups in total. The molecule has 0 spiro atoms. The SMILES string of the molecule is CCN1C(=O)CC(C(=O)Nc2ccc(C)c(Cl)c2)SC1=Nc1cc(Cl)c(O)c(Cl)c1. The molecule has 10 heteroatoms. The second kappa shape index (κ2) is 9.47. The van der Waals surface area contributed by atoms with Crippen LogP contribution in [0.5, 0.6) is 5.75 Å². The van der Waals surface area contributed by atoms with Gasteiger partial charge in [0.05, 0.1) is 15.7 Å². The Balaban J connectivity index is 1.85. The van der Waals surface area contributed by atoms with Gasteiger partial charge in [-0.2, -0.15) is 0 Å². The van der Waals surface area contributed by atoms with Crippen LogP contribution in [0, 0.1) is 6.92 Å². The maximum absolute atomic E-state index is 12.8. The van der Waals surface area contributed by atoms with Crippen LogP contribution in [0.2, 0.25) is 15.1 Å². The molecule has 1 unspecified atom stereocenters. The molecule has 0 aliphatic carbocycles. The fraction of sp³-hybridized carbons (Fsp3) is 0.250. The van der Waals surface area contributed by atoms with Gasteiger partial charge in [-0.05, 0) is 43.7 Å². The molecular weight excluding hydrogens is 469 g/mol. The molecule has 0 aromatic heterocycles. The van der Waals surface area contributed by atoms with Gasteiger partial charge in [0.2, 0.25) is 11.8 Å². The topological polar surface area (TPSA) is 82.0 Å². The van der Waals surface area contributed by atoms with E-state index in [1.54, 1.807) is 18.2 Å². The van der Waals surface area contributed by atoms with Crippen molar-refractivity contribution in [3.63, 3.8) is 0 Å². The Morgan fingerprint density at radius 2 is 1.90 bits per heavy atom. The van der Waals surface area contributed by atoms with Crippen molar-refractivity contribution >= 4 is 74.9 Å². The van der Waals surface area contributed by atoms with Crippen LogP contribution in [0.15, 0.2) is 35.3 Å². The normalized spacial score (nSPS) is 18.0. The molecule has 158 valence electrons. The molecule has 1 saturated heterocycles. The van der Waals surface area contributed by atoms with Crippen LogP contribution in [0.3, 0.4) is 0 Å². The van der Waals surface area contributed by atoms with Gasteiger partial charge >= 0.3 is 0 Å². The summed E-state index contributed by atoms with van der Waals surface area (Å²) in [4.78, 5) is 31.3. The summed E-state index contributed by atoms with van der Waals surface area (Å²) < 4.78 is 0. The number of phenolic OH excluding ortho intramolecular Hbond substituents is 1. The van der Waals surface area contributed by atoms with Crippen molar-refractivity contribution in [2.24, 2.45) is 4.99 Å². The van der Waals surface area contributed by atoms with E-state index in [0.29, 0.717) is 28.1 Å². The van der Waals surface area contributed by atoms with Gasteiger partial charge in [-0.1, -0.05) is 52.6 Å². The van der Waals surface area contributed by atoms with E-state index >= 15 is 0 Å². The highest BCUT2D eigenvalue weighted by Crippen LogP contribution is 2.37. The van der Waals surface area contributed by atoms with Crippen molar-refractivity contribution in [1.82, 2.24) is 4.90 Å². The molecule has 0 radical (unpaired) electrons. The molecule has 1 aliphatic heterocycles. The third-order valence-electron chi connectivity index (χ3n) is 4.41. The first kappa shape index (κ1) is 22.7. The van der Waals surface area contributed by atoms with Gasteiger partial charge in [0.25, 0.3) is 0 Å². The van der Waals surface area contributed by atoms with Gasteiger partial charge in [0.15, 0.2) is 10.9 Å². The summed E-state index contributed by atoms with van der Waals surface area (Å²) in [6.45, 7) is 4.08. The van der Waals surface area contributed by atoms with Crippen LogP contribution in [-0.2, 0) is 9.59 Å². The number of anilines is 1. The quantitative estimate of drug-likeness (QED) is 0.586. The smallest absolute Gasteiger partial charge is 0.238 e. The Kier molecular flexibility index (Phi) is 7.18. The number of nitrogens with one attached hydrogen (secondary N) is 1. The van der Waals surface area contributed by atoms with Crippen LogP contribution in [0.25, 0.3) is 0 Å². The van der Waals surface area contributed by atoms with Gasteiger partial charge in [0.1, 0.15) is 5.25 Å². The van der Waals surface area contributed by atoms with E-state index < -0.39 is 5.25 Å². The van der Waals surface area contributed by atoms with Gasteiger partial charge < -0.3 is 10.4 Å². The second-order valence-electron chi connectivity index (χ2n) is 6.55. The summed E-state index contributed by atoms with van der Waals surface area (Å²) in [6, 6.07) is 8.10. The highest BCUT2D eigenvalue weighted by Gasteiger charge is 2.35. The summed E-state index contributed by atoms with van der Waals surface area (Å²) in [5, 5.41) is 12.8. The third-order valence-corrected chi connectivity index (χ3v) is 6.59. The zero-order valence-electron chi connectivity index (χ0n) is 16.1. The zero-order chi connectivity index (χ0) is 22.0. The van der Waals surface area contributed by atoms with Crippen LogP contribution in [0.1, 0.15) is 18.9 Å². The minimum Gasteiger partial charge on any atom is -0.505 e. The molecule has 1 heterocycles. The predicted octanol–water partition coefficient (Wildman–Crippen LogP) is 5.64. The minimum absolute atomic E-state index is 0.0417. The first-order valence-corrected chi connectivity index (χ1v) is 11.0. The van der Waals surface area contributed by atoms with Crippen LogP contribution < -0.4 is 5.32 Å². The molecule has 2 amide bonds. The number of carbonyl (C=O) groups excluding carboxylic acids is 2. The van der Waals surface area contributed by atoms with E-state index in [9.17, 15) is 14.7 Å². The minimum atomic E-state index is -0.665. The number of thioether (sulfide) groups is 1. The fourth-order valence-corrected chi connectivity index (χ4v) is 4.59. The Morgan fingerprint density at radius 1 is 1.23 bits per heavy atom. The Hall–Kier alpha value is -1.93. The van der Waals surface area contributed by atoms with Gasteiger partial charge in [-0.25, -0.2) is 4.99 Å². The molecule has 0 bridgehead atoms. The number of hydrogen-bond donors (Lipinski definition) is 2. The summed E-state index contributed by atoms with van der Waals surface area (Å²) >= 11 is 19.2. The third kappa shape index (κ3) is 5.03. The van der Waals surface area contributed by atoms with E-state index in [4.69, 9.17) is 34.8 Å². The summed E-state index contributed by atoms with van der Waals surface area (Å²) in [5.74, 6) is -0.775. The number of halogens is 3. The van der Waals surface area contributed by atoms with Crippen molar-refractivity contribution in [2.45, 2.75) is 25.5 Å². The lowest BCUT2D eigenvalue weighted by molar-refractivity contribution is -0.129. The lowest BCUT2D eigenvalue weighted by atomic mass is 10.2. The van der Waals surface area contributed by atoms with Crippen LogP contribution >= 0.6 is 46.6 Å². The van der Waals surface area contributed by atoms with E-state index in [2.05, 4.69) is 10.3 Å². The molecule has 6 nitrogen and oxygen atoms in total. The van der Waals surface area contributed by atoms with E-state index in [-0.39, 0.29) is 34.0 Å². The number of phenols is 1. The van der Waals surface area contributed by atoms with E-state index in [1.807, 2.05) is 13.8 Å². The van der Waals surface area contributed by atoms with Gasteiger partial charge in [0, 0.05) is 23.7 Å². The summed E-state index contributed by atoms with van der Waals surface area (Å²) in [6.07, 6.45) is 0.0417. The molecule has 2 aromatic carbocycles. The molecule has 3 rings (SSSR count). The zero-order valence-corrected chi connectivity index (χ0v) is 19.2. The van der Waals surface area contributed by atoms with E-state index in [1.165, 1.54) is 28.8 Å². The number of benzene rings is 2. The molecule has 1 fully saturated rings. The number of hydrogen-bond acceptors (Lipinski definition) is 5. The van der Waals surface area contributed by atoms with Crippen molar-refractivity contribution in [3.8, 4) is 5.75 Å². The number of amides is 2. The molecule has 2 aromatic rings. The predicted molar refractivity (Wildman–Crippen MR) is 123 cm³/mol. The molecule has 1 atom stereocenters. The van der Waals surface area contributed by atoms with Crippen LogP contribution in [-0.4, -0.2) is 38.8 Å². The van der Waals surface area contributed by atoms with Gasteiger partial charge in [-0.3, -0.25) is 14.5 Å². The molecule has 30 heavy (non-hydrogen) atoms. The van der Waals surface area contributed by atoms with Crippen molar-refractivity contribution in [2.75, 3.05) is 11.9 Å². The number of amidine groups is 1. The molecule has 0 saturated carbocycles. The lowest BCUT2D eigenvalue weighted by Gasteiger charge is -2.31. The summed E-state index contributed by atoms with van der Waals surface area (Å²) in [7, 11) is 0. The monoisotopic (exact) mass is 485 g/mol. The number of rotatable bonds is 4. The number of aromatic hydroxyl groups is 1. The number of aliphatic imine (C=N–C) groups is 1. The maximum atomic E-state index is 12.8. The standard InChI is InChI=1S/C20H18Cl3N3O3S/c1-3-26-17(27)9-16(19(29)24-11-5-4-10(2)13(21)6-11)30-20(26)25-12-7-14(22)18(28)15(23)8-12/h4-8,16,28H,3,9H2,1-2H3,(H,24,29). The first-order valence-electron chi connectivity index (χ1n) is 9.00. The number of aryl methyl sites for hydroxylation is 1. The molecule has 1 aliphatic rings. The Bertz CT molecular complexity index is 1020. The summed E-state index contributed by atoms with van der Waals surface area (Å²) in [5.41, 5.74) is 1.82. The van der Waals surface area contributed by atoms with Gasteiger partial charge in [-0.15, -0.1) is 0 Å². The average Bonchev–Trinajstić information content (AvgIpc) is 2.68. The van der Waals surface area contributed by atoms with Crippen LogP contribution in [0.4, 0.5) is 11.4 Å². The average molecular weight is 487 g/mol. The molecular formula is C20H18Cl3N3O3S. The highest BCUT2D eigenvalue weighted by molar-refractivity contribution is 8.15. The van der Waals surface area contributed by atoms with Crippen molar-refractivity contribution in [1.29, 1.82) is 0 Å². The number of nitrogens with zero attached hydrogens (tertiary/aromatic N) is 2. The largest absolute Gasteiger partial charge is 0.505 e. The lowest BCUT2D eigenvalue weighted by Crippen LogP contribution is -2.45. The number of carbonyl (C=O) groups is 2.